The lowest BCUT2D eigenvalue weighted by atomic mass is 10.4. The number of amides is 1. The molecule has 1 rings (SSSR count). The molecule has 0 spiro atoms. The first-order valence-corrected chi connectivity index (χ1v) is 5.45. The standard InChI is InChI=1S/C6H13N3O3S/c1-7-13(11,12)9-4-2-6(10)8-3-5-9/h7H,2-5H2,1H3,(H,8,10). The first-order valence-electron chi connectivity index (χ1n) is 4.01. The Morgan fingerprint density at radius 2 is 2.15 bits per heavy atom. The van der Waals surface area contributed by atoms with Gasteiger partial charge in [-0.3, -0.25) is 4.79 Å². The third-order valence-corrected chi connectivity index (χ3v) is 3.43. The van der Waals surface area contributed by atoms with Gasteiger partial charge in [0.25, 0.3) is 10.2 Å². The molecule has 0 atom stereocenters. The van der Waals surface area contributed by atoms with E-state index >= 15 is 0 Å². The van der Waals surface area contributed by atoms with Crippen LogP contribution < -0.4 is 10.0 Å². The van der Waals surface area contributed by atoms with Gasteiger partial charge < -0.3 is 5.32 Å². The number of carbonyl (C=O) groups excluding carboxylic acids is 1. The van der Waals surface area contributed by atoms with E-state index in [9.17, 15) is 13.2 Å². The largest absolute Gasteiger partial charge is 0.355 e. The molecule has 7 heteroatoms. The molecule has 1 fully saturated rings. The summed E-state index contributed by atoms with van der Waals surface area (Å²) >= 11 is 0. The number of nitrogens with zero attached hydrogens (tertiary/aromatic N) is 1. The van der Waals surface area contributed by atoms with Gasteiger partial charge in [0, 0.05) is 33.1 Å². The predicted molar refractivity (Wildman–Crippen MR) is 47.2 cm³/mol. The minimum atomic E-state index is -3.38. The van der Waals surface area contributed by atoms with Crippen LogP contribution in [0, 0.1) is 0 Å². The molecular weight excluding hydrogens is 194 g/mol. The van der Waals surface area contributed by atoms with E-state index in [2.05, 4.69) is 10.0 Å². The summed E-state index contributed by atoms with van der Waals surface area (Å²) < 4.78 is 26.0. The van der Waals surface area contributed by atoms with Gasteiger partial charge in [0.15, 0.2) is 0 Å². The Bertz CT molecular complexity index is 287. The summed E-state index contributed by atoms with van der Waals surface area (Å²) in [5, 5.41) is 2.60. The normalized spacial score (nSPS) is 20.8. The highest BCUT2D eigenvalue weighted by atomic mass is 32.2. The second kappa shape index (κ2) is 4.03. The van der Waals surface area contributed by atoms with Crippen molar-refractivity contribution in [2.75, 3.05) is 26.7 Å². The molecule has 1 saturated heterocycles. The molecule has 0 aliphatic carbocycles. The Labute approximate surface area is 77.5 Å². The van der Waals surface area contributed by atoms with Crippen LogP contribution in [0.4, 0.5) is 0 Å². The van der Waals surface area contributed by atoms with Crippen LogP contribution in [0.3, 0.4) is 0 Å². The van der Waals surface area contributed by atoms with Crippen LogP contribution in [0.15, 0.2) is 0 Å². The fraction of sp³-hybridized carbons (Fsp3) is 0.833. The zero-order chi connectivity index (χ0) is 9.90. The van der Waals surface area contributed by atoms with Crippen LogP contribution in [0.25, 0.3) is 0 Å². The van der Waals surface area contributed by atoms with Crippen molar-refractivity contribution in [2.45, 2.75) is 6.42 Å². The number of hydrogen-bond donors (Lipinski definition) is 2. The Balaban J connectivity index is 2.67. The van der Waals surface area contributed by atoms with Gasteiger partial charge in [-0.1, -0.05) is 0 Å². The fourth-order valence-electron chi connectivity index (χ4n) is 1.12. The molecular formula is C6H13N3O3S. The van der Waals surface area contributed by atoms with Gasteiger partial charge in [0.2, 0.25) is 5.91 Å². The molecule has 0 aromatic heterocycles. The van der Waals surface area contributed by atoms with Crippen LogP contribution in [0.1, 0.15) is 6.42 Å². The van der Waals surface area contributed by atoms with Gasteiger partial charge in [-0.05, 0) is 0 Å². The summed E-state index contributed by atoms with van der Waals surface area (Å²) in [6.07, 6.45) is 0.223. The van der Waals surface area contributed by atoms with Gasteiger partial charge in [-0.15, -0.1) is 0 Å². The van der Waals surface area contributed by atoms with Crippen LogP contribution in [0.2, 0.25) is 0 Å². The maximum atomic E-state index is 11.3. The average molecular weight is 207 g/mol. The summed E-state index contributed by atoms with van der Waals surface area (Å²) in [7, 11) is -2.02. The van der Waals surface area contributed by atoms with Crippen LogP contribution >= 0.6 is 0 Å². The summed E-state index contributed by atoms with van der Waals surface area (Å²) in [5.74, 6) is -0.103. The van der Waals surface area contributed by atoms with Crippen molar-refractivity contribution < 1.29 is 13.2 Å². The molecule has 76 valence electrons. The molecule has 1 aliphatic rings. The molecule has 0 bridgehead atoms. The molecule has 2 N–H and O–H groups in total. The maximum Gasteiger partial charge on any atom is 0.279 e. The highest BCUT2D eigenvalue weighted by Crippen LogP contribution is 2.01. The number of nitrogens with one attached hydrogen (secondary N) is 2. The minimum Gasteiger partial charge on any atom is -0.355 e. The molecule has 6 nitrogen and oxygen atoms in total. The Morgan fingerprint density at radius 3 is 2.77 bits per heavy atom. The molecule has 0 unspecified atom stereocenters. The third-order valence-electron chi connectivity index (χ3n) is 1.87. The van der Waals surface area contributed by atoms with Crippen molar-refractivity contribution >= 4 is 16.1 Å². The summed E-state index contributed by atoms with van der Waals surface area (Å²) in [6.45, 7) is 0.948. The van der Waals surface area contributed by atoms with Crippen LogP contribution in [-0.4, -0.2) is 45.3 Å². The molecule has 13 heavy (non-hydrogen) atoms. The fourth-order valence-corrected chi connectivity index (χ4v) is 2.04. The van der Waals surface area contributed by atoms with Gasteiger partial charge in [-0.25, -0.2) is 4.72 Å². The molecule has 0 aromatic rings. The molecule has 0 radical (unpaired) electrons. The molecule has 1 amide bonds. The summed E-state index contributed by atoms with van der Waals surface area (Å²) in [6, 6.07) is 0. The lowest BCUT2D eigenvalue weighted by Gasteiger charge is -2.17. The minimum absolute atomic E-state index is 0.103. The predicted octanol–water partition coefficient (Wildman–Crippen LogP) is -1.73. The van der Waals surface area contributed by atoms with Crippen molar-refractivity contribution in [1.29, 1.82) is 0 Å². The van der Waals surface area contributed by atoms with E-state index in [4.69, 9.17) is 0 Å². The second-order valence-corrected chi connectivity index (χ2v) is 4.58. The first-order chi connectivity index (χ1) is 6.06. The Hall–Kier alpha value is -0.660. The van der Waals surface area contributed by atoms with Crippen molar-refractivity contribution in [2.24, 2.45) is 0 Å². The molecule has 0 aromatic carbocycles. The SMILES string of the molecule is CNS(=O)(=O)N1CCNC(=O)CC1. The average Bonchev–Trinajstić information content (AvgIpc) is 2.30. The zero-order valence-corrected chi connectivity index (χ0v) is 8.23. The lowest BCUT2D eigenvalue weighted by Crippen LogP contribution is -2.40. The topological polar surface area (TPSA) is 78.5 Å². The van der Waals surface area contributed by atoms with Crippen LogP contribution in [0.5, 0.6) is 0 Å². The molecule has 1 aliphatic heterocycles. The van der Waals surface area contributed by atoms with Gasteiger partial charge in [0.1, 0.15) is 0 Å². The first kappa shape index (κ1) is 10.4. The smallest absolute Gasteiger partial charge is 0.279 e. The van der Waals surface area contributed by atoms with Crippen molar-refractivity contribution in [1.82, 2.24) is 14.3 Å². The lowest BCUT2D eigenvalue weighted by molar-refractivity contribution is -0.120. The monoisotopic (exact) mass is 207 g/mol. The van der Waals surface area contributed by atoms with Gasteiger partial charge in [-0.2, -0.15) is 12.7 Å². The summed E-state index contributed by atoms with van der Waals surface area (Å²) in [4.78, 5) is 10.9. The van der Waals surface area contributed by atoms with Crippen molar-refractivity contribution in [3.63, 3.8) is 0 Å². The molecule has 0 saturated carbocycles. The van der Waals surface area contributed by atoms with E-state index < -0.39 is 10.2 Å². The second-order valence-electron chi connectivity index (χ2n) is 2.71. The molecule has 1 heterocycles. The highest BCUT2D eigenvalue weighted by molar-refractivity contribution is 7.87. The number of hydrogen-bond acceptors (Lipinski definition) is 3. The zero-order valence-electron chi connectivity index (χ0n) is 7.41. The van der Waals surface area contributed by atoms with E-state index in [-0.39, 0.29) is 18.9 Å². The number of rotatable bonds is 2. The van der Waals surface area contributed by atoms with E-state index in [0.29, 0.717) is 13.1 Å². The summed E-state index contributed by atoms with van der Waals surface area (Å²) in [5.41, 5.74) is 0. The maximum absolute atomic E-state index is 11.3. The van der Waals surface area contributed by atoms with E-state index in [0.717, 1.165) is 0 Å². The van der Waals surface area contributed by atoms with E-state index in [1.807, 2.05) is 0 Å². The number of carbonyl (C=O) groups is 1. The Morgan fingerprint density at radius 1 is 1.46 bits per heavy atom. The van der Waals surface area contributed by atoms with E-state index in [1.165, 1.54) is 11.4 Å². The highest BCUT2D eigenvalue weighted by Gasteiger charge is 2.22. The van der Waals surface area contributed by atoms with Gasteiger partial charge in [0.05, 0.1) is 0 Å². The quantitative estimate of drug-likeness (QED) is 0.565. The van der Waals surface area contributed by atoms with E-state index in [1.54, 1.807) is 0 Å². The van der Waals surface area contributed by atoms with Crippen molar-refractivity contribution in [3.8, 4) is 0 Å². The van der Waals surface area contributed by atoms with Gasteiger partial charge >= 0.3 is 0 Å². The van der Waals surface area contributed by atoms with Crippen molar-refractivity contribution in [3.05, 3.63) is 0 Å². The Kier molecular flexibility index (Phi) is 3.23. The van der Waals surface area contributed by atoms with Crippen LogP contribution in [-0.2, 0) is 15.0 Å². The third kappa shape index (κ3) is 2.64.